The molecule has 0 aliphatic heterocycles. The van der Waals surface area contributed by atoms with Crippen molar-refractivity contribution in [2.45, 2.75) is 6.10 Å². The van der Waals surface area contributed by atoms with Crippen LogP contribution in [0.1, 0.15) is 17.2 Å². The number of benzene rings is 2. The van der Waals surface area contributed by atoms with Gasteiger partial charge in [-0.1, -0.05) is 66.6 Å². The fourth-order valence-electron chi connectivity index (χ4n) is 1.96. The summed E-state index contributed by atoms with van der Waals surface area (Å²) in [6.45, 7) is -0.181. The van der Waals surface area contributed by atoms with Gasteiger partial charge in [0.05, 0.1) is 0 Å². The Morgan fingerprint density at radius 1 is 1.00 bits per heavy atom. The summed E-state index contributed by atoms with van der Waals surface area (Å²) in [5.74, 6) is 1.78. The summed E-state index contributed by atoms with van der Waals surface area (Å²) >= 11 is 0. The molecule has 0 saturated carbocycles. The van der Waals surface area contributed by atoms with Crippen LogP contribution in [0.15, 0.2) is 60.7 Å². The van der Waals surface area contributed by atoms with Crippen molar-refractivity contribution < 1.29 is 14.3 Å². The molecule has 0 bridgehead atoms. The monoisotopic (exact) mass is 280 g/mol. The Morgan fingerprint density at radius 3 is 2.00 bits per heavy atom. The summed E-state index contributed by atoms with van der Waals surface area (Å²) < 4.78 is 10.5. The van der Waals surface area contributed by atoms with E-state index in [0.29, 0.717) is 0 Å². The van der Waals surface area contributed by atoms with Crippen molar-refractivity contribution in [3.05, 3.63) is 71.8 Å². The van der Waals surface area contributed by atoms with E-state index >= 15 is 0 Å². The molecule has 0 spiro atoms. The molecule has 0 radical (unpaired) electrons. The standard InChI is InChI=1S/C18H16O3/c1-2-13-20-17(19)14-21-18(15-9-5-3-6-10-15)16-11-7-4-8-12-16/h1,3-12,18H,13-14H2. The van der Waals surface area contributed by atoms with Crippen LogP contribution in [0.25, 0.3) is 0 Å². The molecule has 2 aromatic carbocycles. The van der Waals surface area contributed by atoms with Gasteiger partial charge in [-0.05, 0) is 11.1 Å². The lowest BCUT2D eigenvalue weighted by Gasteiger charge is -2.18. The van der Waals surface area contributed by atoms with Crippen LogP contribution < -0.4 is 0 Å². The first-order valence-electron chi connectivity index (χ1n) is 6.62. The van der Waals surface area contributed by atoms with E-state index in [0.717, 1.165) is 11.1 Å². The molecule has 2 rings (SSSR count). The molecule has 21 heavy (non-hydrogen) atoms. The third-order valence-electron chi connectivity index (χ3n) is 2.89. The summed E-state index contributed by atoms with van der Waals surface area (Å²) in [7, 11) is 0. The van der Waals surface area contributed by atoms with Crippen LogP contribution in [0.2, 0.25) is 0 Å². The van der Waals surface area contributed by atoms with Gasteiger partial charge in [0.25, 0.3) is 0 Å². The molecule has 2 aromatic rings. The van der Waals surface area contributed by atoms with Gasteiger partial charge >= 0.3 is 5.97 Å². The highest BCUT2D eigenvalue weighted by Crippen LogP contribution is 2.25. The van der Waals surface area contributed by atoms with Crippen molar-refractivity contribution in [3.8, 4) is 12.3 Å². The Labute approximate surface area is 124 Å². The van der Waals surface area contributed by atoms with E-state index < -0.39 is 5.97 Å². The fourth-order valence-corrected chi connectivity index (χ4v) is 1.96. The number of ether oxygens (including phenoxy) is 2. The van der Waals surface area contributed by atoms with Crippen molar-refractivity contribution in [2.75, 3.05) is 13.2 Å². The highest BCUT2D eigenvalue weighted by Gasteiger charge is 2.16. The predicted octanol–water partition coefficient (Wildman–Crippen LogP) is 2.97. The maximum atomic E-state index is 11.5. The summed E-state index contributed by atoms with van der Waals surface area (Å²) in [4.78, 5) is 11.5. The molecule has 0 unspecified atom stereocenters. The van der Waals surface area contributed by atoms with Gasteiger partial charge < -0.3 is 9.47 Å². The van der Waals surface area contributed by atoms with Gasteiger partial charge in [-0.3, -0.25) is 0 Å². The molecule has 0 fully saturated rings. The van der Waals surface area contributed by atoms with Gasteiger partial charge in [0.2, 0.25) is 0 Å². The topological polar surface area (TPSA) is 35.5 Å². The summed E-state index contributed by atoms with van der Waals surface area (Å²) in [5, 5.41) is 0. The van der Waals surface area contributed by atoms with Gasteiger partial charge in [0.1, 0.15) is 12.7 Å². The van der Waals surface area contributed by atoms with E-state index in [9.17, 15) is 4.79 Å². The number of hydrogen-bond donors (Lipinski definition) is 0. The number of hydrogen-bond acceptors (Lipinski definition) is 3. The molecule has 0 aliphatic rings. The van der Waals surface area contributed by atoms with Gasteiger partial charge in [0, 0.05) is 0 Å². The first-order valence-corrected chi connectivity index (χ1v) is 6.62. The molecule has 3 nitrogen and oxygen atoms in total. The van der Waals surface area contributed by atoms with Crippen molar-refractivity contribution in [1.29, 1.82) is 0 Å². The second-order valence-electron chi connectivity index (χ2n) is 4.38. The van der Waals surface area contributed by atoms with Crippen LogP contribution in [-0.4, -0.2) is 19.2 Å². The van der Waals surface area contributed by atoms with E-state index in [-0.39, 0.29) is 19.3 Å². The minimum Gasteiger partial charge on any atom is -0.451 e. The molecule has 0 aromatic heterocycles. The molecule has 0 amide bonds. The lowest BCUT2D eigenvalue weighted by atomic mass is 10.0. The van der Waals surface area contributed by atoms with E-state index in [2.05, 4.69) is 5.92 Å². The Hall–Kier alpha value is -2.57. The third kappa shape index (κ3) is 4.48. The molecule has 0 atom stereocenters. The number of rotatable bonds is 6. The maximum Gasteiger partial charge on any atom is 0.333 e. The second kappa shape index (κ2) is 7.88. The molecule has 0 aliphatic carbocycles. The first-order chi connectivity index (χ1) is 10.3. The van der Waals surface area contributed by atoms with E-state index in [1.165, 1.54) is 0 Å². The van der Waals surface area contributed by atoms with Crippen LogP contribution >= 0.6 is 0 Å². The number of carbonyl (C=O) groups is 1. The van der Waals surface area contributed by atoms with Crippen LogP contribution in [0.3, 0.4) is 0 Å². The highest BCUT2D eigenvalue weighted by molar-refractivity contribution is 5.70. The van der Waals surface area contributed by atoms with Gasteiger partial charge in [-0.2, -0.15) is 0 Å². The molecule has 3 heteroatoms. The Morgan fingerprint density at radius 2 is 1.52 bits per heavy atom. The number of esters is 1. The normalized spacial score (nSPS) is 10.1. The zero-order valence-corrected chi connectivity index (χ0v) is 11.6. The zero-order chi connectivity index (χ0) is 14.9. The second-order valence-corrected chi connectivity index (χ2v) is 4.38. The van der Waals surface area contributed by atoms with Gasteiger partial charge in [-0.25, -0.2) is 4.79 Å². The predicted molar refractivity (Wildman–Crippen MR) is 80.5 cm³/mol. The van der Waals surface area contributed by atoms with E-state index in [4.69, 9.17) is 15.9 Å². The van der Waals surface area contributed by atoms with Crippen molar-refractivity contribution in [3.63, 3.8) is 0 Å². The van der Waals surface area contributed by atoms with Crippen LogP contribution in [0.4, 0.5) is 0 Å². The summed E-state index contributed by atoms with van der Waals surface area (Å²) in [5.41, 5.74) is 1.96. The molecular formula is C18H16O3. The molecule has 0 N–H and O–H groups in total. The SMILES string of the molecule is C#CCOC(=O)COC(c1ccccc1)c1ccccc1. The van der Waals surface area contributed by atoms with Crippen molar-refractivity contribution in [1.82, 2.24) is 0 Å². The minimum atomic E-state index is -0.468. The highest BCUT2D eigenvalue weighted by atomic mass is 16.6. The molecular weight excluding hydrogens is 264 g/mol. The molecule has 0 saturated heterocycles. The Balaban J connectivity index is 2.11. The van der Waals surface area contributed by atoms with E-state index in [1.807, 2.05) is 60.7 Å². The minimum absolute atomic E-state index is 0.0382. The fraction of sp³-hybridized carbons (Fsp3) is 0.167. The quantitative estimate of drug-likeness (QED) is 0.603. The Kier molecular flexibility index (Phi) is 5.57. The lowest BCUT2D eigenvalue weighted by Crippen LogP contribution is -2.16. The maximum absolute atomic E-state index is 11.5. The van der Waals surface area contributed by atoms with Gasteiger partial charge in [-0.15, -0.1) is 6.42 Å². The average molecular weight is 280 g/mol. The Bertz CT molecular complexity index is 560. The van der Waals surface area contributed by atoms with Crippen LogP contribution in [0, 0.1) is 12.3 Å². The van der Waals surface area contributed by atoms with Crippen molar-refractivity contribution >= 4 is 5.97 Å². The average Bonchev–Trinajstić information content (AvgIpc) is 2.55. The van der Waals surface area contributed by atoms with E-state index in [1.54, 1.807) is 0 Å². The summed E-state index contributed by atoms with van der Waals surface area (Å²) in [6, 6.07) is 19.5. The van der Waals surface area contributed by atoms with Gasteiger partial charge in [0.15, 0.2) is 6.61 Å². The number of carbonyl (C=O) groups excluding carboxylic acids is 1. The van der Waals surface area contributed by atoms with Crippen LogP contribution in [0.5, 0.6) is 0 Å². The summed E-state index contributed by atoms with van der Waals surface area (Å²) in [6.07, 6.45) is 4.73. The molecule has 0 heterocycles. The number of terminal acetylenes is 1. The largest absolute Gasteiger partial charge is 0.451 e. The molecule has 106 valence electrons. The van der Waals surface area contributed by atoms with Crippen LogP contribution in [-0.2, 0) is 14.3 Å². The lowest BCUT2D eigenvalue weighted by molar-refractivity contribution is -0.148. The smallest absolute Gasteiger partial charge is 0.333 e. The zero-order valence-electron chi connectivity index (χ0n) is 11.6. The van der Waals surface area contributed by atoms with Crippen molar-refractivity contribution in [2.24, 2.45) is 0 Å². The first kappa shape index (κ1) is 14.8. The third-order valence-corrected chi connectivity index (χ3v) is 2.89.